The third-order valence-corrected chi connectivity index (χ3v) is 4.67. The fourth-order valence-corrected chi connectivity index (χ4v) is 2.96. The Morgan fingerprint density at radius 3 is 2.58 bits per heavy atom. The molecule has 0 amide bonds. The number of nitro benzene ring substituents is 1. The van der Waals surface area contributed by atoms with Crippen LogP contribution in [0.1, 0.15) is 19.3 Å². The van der Waals surface area contributed by atoms with E-state index in [1.807, 2.05) is 0 Å². The number of nitrogens with two attached hydrogens (primary N) is 1. The Labute approximate surface area is 111 Å². The summed E-state index contributed by atoms with van der Waals surface area (Å²) in [6.07, 6.45) is 2.31. The van der Waals surface area contributed by atoms with Crippen LogP contribution in [-0.4, -0.2) is 25.4 Å². The predicted molar refractivity (Wildman–Crippen MR) is 69.1 cm³/mol. The van der Waals surface area contributed by atoms with Crippen molar-refractivity contribution in [2.45, 2.75) is 29.7 Å². The summed E-state index contributed by atoms with van der Waals surface area (Å²) in [4.78, 5) is 9.78. The second-order valence-electron chi connectivity index (χ2n) is 4.73. The summed E-state index contributed by atoms with van der Waals surface area (Å²) in [6, 6.07) is 5.26. The number of rotatable bonds is 6. The number of benzene rings is 1. The van der Waals surface area contributed by atoms with Gasteiger partial charge in [0.2, 0.25) is 10.0 Å². The molecule has 1 saturated carbocycles. The quantitative estimate of drug-likeness (QED) is 0.591. The lowest BCUT2D eigenvalue weighted by Crippen LogP contribution is -2.31. The molecule has 3 N–H and O–H groups in total. The molecule has 19 heavy (non-hydrogen) atoms. The molecular formula is C11H15N3O4S. The molecule has 1 aromatic carbocycles. The molecule has 104 valence electrons. The van der Waals surface area contributed by atoms with Gasteiger partial charge in [0.15, 0.2) is 4.90 Å². The molecule has 0 aromatic heterocycles. The number of para-hydroxylation sites is 1. The van der Waals surface area contributed by atoms with Gasteiger partial charge in [-0.1, -0.05) is 12.1 Å². The summed E-state index contributed by atoms with van der Waals surface area (Å²) < 4.78 is 26.4. The van der Waals surface area contributed by atoms with Gasteiger partial charge in [-0.25, -0.2) is 13.1 Å². The topological polar surface area (TPSA) is 115 Å². The molecule has 8 heteroatoms. The molecule has 1 fully saturated rings. The zero-order chi connectivity index (χ0) is 14.1. The maximum atomic E-state index is 12.0. The normalized spacial score (nSPS) is 17.1. The molecule has 0 heterocycles. The van der Waals surface area contributed by atoms with E-state index < -0.39 is 20.6 Å². The first kappa shape index (κ1) is 13.9. The first-order valence-electron chi connectivity index (χ1n) is 5.86. The van der Waals surface area contributed by atoms with Gasteiger partial charge < -0.3 is 5.73 Å². The highest BCUT2D eigenvalue weighted by atomic mass is 32.2. The Kier molecular flexibility index (Phi) is 3.57. The minimum absolute atomic E-state index is 0.185. The molecular weight excluding hydrogens is 270 g/mol. The third-order valence-electron chi connectivity index (χ3n) is 3.16. The second-order valence-corrected chi connectivity index (χ2v) is 6.47. The van der Waals surface area contributed by atoms with E-state index in [2.05, 4.69) is 4.72 Å². The number of hydrogen-bond acceptors (Lipinski definition) is 5. The van der Waals surface area contributed by atoms with Crippen LogP contribution in [0.3, 0.4) is 0 Å². The zero-order valence-corrected chi connectivity index (χ0v) is 11.0. The smallest absolute Gasteiger partial charge is 0.289 e. The maximum Gasteiger partial charge on any atom is 0.289 e. The van der Waals surface area contributed by atoms with Gasteiger partial charge in [-0.05, 0) is 25.3 Å². The molecule has 1 aliphatic carbocycles. The van der Waals surface area contributed by atoms with Gasteiger partial charge in [0.1, 0.15) is 0 Å². The van der Waals surface area contributed by atoms with E-state index in [1.165, 1.54) is 24.3 Å². The molecule has 0 bridgehead atoms. The fraction of sp³-hybridized carbons (Fsp3) is 0.455. The molecule has 2 rings (SSSR count). The largest absolute Gasteiger partial charge is 0.325 e. The Morgan fingerprint density at radius 2 is 2.00 bits per heavy atom. The van der Waals surface area contributed by atoms with Gasteiger partial charge >= 0.3 is 0 Å². The molecule has 0 radical (unpaired) electrons. The van der Waals surface area contributed by atoms with Crippen LogP contribution in [0, 0.1) is 10.1 Å². The van der Waals surface area contributed by atoms with Gasteiger partial charge in [-0.15, -0.1) is 0 Å². The van der Waals surface area contributed by atoms with Crippen LogP contribution >= 0.6 is 0 Å². The number of sulfonamides is 1. The summed E-state index contributed by atoms with van der Waals surface area (Å²) in [6.45, 7) is 0.185. The van der Waals surface area contributed by atoms with Crippen molar-refractivity contribution in [3.05, 3.63) is 34.4 Å². The number of nitrogens with zero attached hydrogens (tertiary/aromatic N) is 1. The molecule has 1 aromatic rings. The summed E-state index contributed by atoms with van der Waals surface area (Å²) in [7, 11) is -3.88. The summed E-state index contributed by atoms with van der Waals surface area (Å²) in [5, 5.41) is 10.8. The minimum atomic E-state index is -3.88. The van der Waals surface area contributed by atoms with E-state index in [0.29, 0.717) is 6.42 Å². The monoisotopic (exact) mass is 285 g/mol. The van der Waals surface area contributed by atoms with Crippen molar-refractivity contribution >= 4 is 15.7 Å². The maximum absolute atomic E-state index is 12.0. The van der Waals surface area contributed by atoms with E-state index in [4.69, 9.17) is 5.73 Å². The van der Waals surface area contributed by atoms with Crippen LogP contribution in [0.25, 0.3) is 0 Å². The third kappa shape index (κ3) is 3.28. The summed E-state index contributed by atoms with van der Waals surface area (Å²) >= 11 is 0. The number of nitro groups is 1. The van der Waals surface area contributed by atoms with E-state index in [0.717, 1.165) is 12.8 Å². The second kappa shape index (κ2) is 4.87. The van der Waals surface area contributed by atoms with Crippen molar-refractivity contribution in [2.24, 2.45) is 5.73 Å². The van der Waals surface area contributed by atoms with Crippen molar-refractivity contribution < 1.29 is 13.3 Å². The van der Waals surface area contributed by atoms with Crippen LogP contribution in [0.2, 0.25) is 0 Å². The van der Waals surface area contributed by atoms with Crippen molar-refractivity contribution in [1.82, 2.24) is 4.72 Å². The lowest BCUT2D eigenvalue weighted by atomic mass is 10.2. The molecule has 0 aliphatic heterocycles. The standard InChI is InChI=1S/C11H15N3O4S/c12-11(5-6-11)7-8-13-19(17,18)10-4-2-1-3-9(10)14(15)16/h1-4,13H,5-8,12H2. The molecule has 1 aliphatic rings. The average Bonchev–Trinajstić information content (AvgIpc) is 3.07. The number of hydrogen-bond donors (Lipinski definition) is 2. The Balaban J connectivity index is 2.12. The SMILES string of the molecule is NC1(CCNS(=O)(=O)c2ccccc2[N+](=O)[O-])CC1. The van der Waals surface area contributed by atoms with Crippen LogP contribution in [0.5, 0.6) is 0 Å². The molecule has 0 saturated heterocycles. The van der Waals surface area contributed by atoms with E-state index in [-0.39, 0.29) is 17.0 Å². The Morgan fingerprint density at radius 1 is 1.37 bits per heavy atom. The van der Waals surface area contributed by atoms with E-state index >= 15 is 0 Å². The van der Waals surface area contributed by atoms with Gasteiger partial charge in [-0.2, -0.15) is 0 Å². The first-order chi connectivity index (χ1) is 8.84. The van der Waals surface area contributed by atoms with Crippen molar-refractivity contribution in [1.29, 1.82) is 0 Å². The fourth-order valence-electron chi connectivity index (χ4n) is 1.76. The Bertz CT molecular complexity index is 596. The zero-order valence-electron chi connectivity index (χ0n) is 10.2. The lowest BCUT2D eigenvalue weighted by molar-refractivity contribution is -0.387. The van der Waals surface area contributed by atoms with Crippen LogP contribution in [0.15, 0.2) is 29.2 Å². The van der Waals surface area contributed by atoms with E-state index in [1.54, 1.807) is 0 Å². The van der Waals surface area contributed by atoms with Crippen LogP contribution in [-0.2, 0) is 10.0 Å². The summed E-state index contributed by atoms with van der Waals surface area (Å²) in [5.74, 6) is 0. The highest BCUT2D eigenvalue weighted by Crippen LogP contribution is 2.35. The van der Waals surface area contributed by atoms with Crippen molar-refractivity contribution in [3.8, 4) is 0 Å². The van der Waals surface area contributed by atoms with Crippen LogP contribution < -0.4 is 10.5 Å². The summed E-state index contributed by atoms with van der Waals surface area (Å²) in [5.41, 5.74) is 5.16. The average molecular weight is 285 g/mol. The highest BCUT2D eigenvalue weighted by molar-refractivity contribution is 7.89. The van der Waals surface area contributed by atoms with Crippen molar-refractivity contribution in [2.75, 3.05) is 6.54 Å². The lowest BCUT2D eigenvalue weighted by Gasteiger charge is -2.10. The van der Waals surface area contributed by atoms with Gasteiger partial charge in [-0.3, -0.25) is 10.1 Å². The number of nitrogens with one attached hydrogen (secondary N) is 1. The van der Waals surface area contributed by atoms with E-state index in [9.17, 15) is 18.5 Å². The molecule has 0 atom stereocenters. The van der Waals surface area contributed by atoms with Gasteiger partial charge in [0.05, 0.1) is 4.92 Å². The van der Waals surface area contributed by atoms with Crippen LogP contribution in [0.4, 0.5) is 5.69 Å². The van der Waals surface area contributed by atoms with Gasteiger partial charge in [0, 0.05) is 18.2 Å². The Hall–Kier alpha value is -1.51. The van der Waals surface area contributed by atoms with Gasteiger partial charge in [0.25, 0.3) is 5.69 Å². The minimum Gasteiger partial charge on any atom is -0.325 e. The van der Waals surface area contributed by atoms with Crippen molar-refractivity contribution in [3.63, 3.8) is 0 Å². The molecule has 0 unspecified atom stereocenters. The molecule has 7 nitrogen and oxygen atoms in total. The predicted octanol–water partition coefficient (Wildman–Crippen LogP) is 0.754. The first-order valence-corrected chi connectivity index (χ1v) is 7.34. The highest BCUT2D eigenvalue weighted by Gasteiger charge is 2.37. The molecule has 0 spiro atoms.